The van der Waals surface area contributed by atoms with Crippen molar-refractivity contribution in [3.63, 3.8) is 0 Å². The first-order valence-corrected chi connectivity index (χ1v) is 6.73. The minimum absolute atomic E-state index is 0.0436. The van der Waals surface area contributed by atoms with Crippen LogP contribution in [0.15, 0.2) is 48.8 Å². The number of fused-ring (bicyclic) bond motifs is 1. The molecule has 3 rings (SSSR count). The molecule has 0 saturated heterocycles. The number of Topliss-reactive ketones (excluding diaryl/α,β-unsaturated/α-hetero) is 1. The third-order valence-electron chi connectivity index (χ3n) is 3.32. The summed E-state index contributed by atoms with van der Waals surface area (Å²) in [4.78, 5) is 20.0. The van der Waals surface area contributed by atoms with Gasteiger partial charge in [0.1, 0.15) is 12.1 Å². The third kappa shape index (κ3) is 2.74. The summed E-state index contributed by atoms with van der Waals surface area (Å²) in [5, 5.41) is 4.23. The van der Waals surface area contributed by atoms with Crippen LogP contribution in [0.25, 0.3) is 10.9 Å². The van der Waals surface area contributed by atoms with E-state index in [0.717, 1.165) is 28.0 Å². The zero-order valence-corrected chi connectivity index (χ0v) is 11.9. The van der Waals surface area contributed by atoms with Gasteiger partial charge < -0.3 is 5.32 Å². The number of aromatic nitrogens is 2. The van der Waals surface area contributed by atoms with E-state index in [9.17, 15) is 4.79 Å². The van der Waals surface area contributed by atoms with Crippen LogP contribution in [0.3, 0.4) is 0 Å². The van der Waals surface area contributed by atoms with Crippen molar-refractivity contribution >= 4 is 28.2 Å². The summed E-state index contributed by atoms with van der Waals surface area (Å²) in [5.74, 6) is 0.784. The first-order chi connectivity index (χ1) is 10.1. The first kappa shape index (κ1) is 13.2. The number of hydrogen-bond acceptors (Lipinski definition) is 4. The summed E-state index contributed by atoms with van der Waals surface area (Å²) in [5.41, 5.74) is 3.55. The summed E-state index contributed by atoms with van der Waals surface area (Å²) >= 11 is 0. The number of carbonyl (C=O) groups excluding carboxylic acids is 1. The largest absolute Gasteiger partial charge is 0.340 e. The maximum Gasteiger partial charge on any atom is 0.159 e. The summed E-state index contributed by atoms with van der Waals surface area (Å²) in [6.45, 7) is 3.59. The quantitative estimate of drug-likeness (QED) is 0.738. The summed E-state index contributed by atoms with van der Waals surface area (Å²) in [6.07, 6.45) is 1.54. The lowest BCUT2D eigenvalue weighted by Gasteiger charge is -2.09. The molecule has 0 fully saturated rings. The Morgan fingerprint density at radius 1 is 1.10 bits per heavy atom. The lowest BCUT2D eigenvalue weighted by molar-refractivity contribution is 0.101. The second-order valence-electron chi connectivity index (χ2n) is 5.00. The van der Waals surface area contributed by atoms with Crippen molar-refractivity contribution in [3.05, 3.63) is 59.9 Å². The van der Waals surface area contributed by atoms with E-state index < -0.39 is 0 Å². The number of benzene rings is 2. The number of aryl methyl sites for hydroxylation is 1. The van der Waals surface area contributed by atoms with Crippen LogP contribution in [0.5, 0.6) is 0 Å². The van der Waals surface area contributed by atoms with Crippen molar-refractivity contribution in [2.75, 3.05) is 5.32 Å². The number of rotatable bonds is 3. The average molecular weight is 277 g/mol. The second-order valence-corrected chi connectivity index (χ2v) is 5.00. The first-order valence-electron chi connectivity index (χ1n) is 6.73. The van der Waals surface area contributed by atoms with Gasteiger partial charge in [-0.2, -0.15) is 0 Å². The van der Waals surface area contributed by atoms with Gasteiger partial charge >= 0.3 is 0 Å². The number of nitrogens with zero attached hydrogens (tertiary/aromatic N) is 2. The van der Waals surface area contributed by atoms with Crippen LogP contribution in [0, 0.1) is 6.92 Å². The fourth-order valence-electron chi connectivity index (χ4n) is 2.22. The molecule has 0 unspecified atom stereocenters. The molecule has 21 heavy (non-hydrogen) atoms. The van der Waals surface area contributed by atoms with E-state index >= 15 is 0 Å². The zero-order valence-electron chi connectivity index (χ0n) is 11.9. The highest BCUT2D eigenvalue weighted by Crippen LogP contribution is 2.24. The molecule has 1 aromatic heterocycles. The topological polar surface area (TPSA) is 54.9 Å². The van der Waals surface area contributed by atoms with Gasteiger partial charge in [0.05, 0.1) is 5.52 Å². The summed E-state index contributed by atoms with van der Waals surface area (Å²) in [7, 11) is 0. The lowest BCUT2D eigenvalue weighted by atomic mass is 10.1. The highest BCUT2D eigenvalue weighted by atomic mass is 16.1. The van der Waals surface area contributed by atoms with Crippen LogP contribution in [-0.4, -0.2) is 15.8 Å². The normalized spacial score (nSPS) is 10.6. The van der Waals surface area contributed by atoms with Gasteiger partial charge in [-0.1, -0.05) is 23.8 Å². The molecule has 1 heterocycles. The zero-order chi connectivity index (χ0) is 14.8. The van der Waals surface area contributed by atoms with Crippen LogP contribution in [0.1, 0.15) is 22.8 Å². The Balaban J connectivity index is 2.04. The number of hydrogen-bond donors (Lipinski definition) is 1. The van der Waals surface area contributed by atoms with Crippen molar-refractivity contribution in [1.82, 2.24) is 9.97 Å². The van der Waals surface area contributed by atoms with Crippen LogP contribution in [-0.2, 0) is 0 Å². The van der Waals surface area contributed by atoms with Gasteiger partial charge in [0.2, 0.25) is 0 Å². The molecule has 0 saturated carbocycles. The Kier molecular flexibility index (Phi) is 3.36. The van der Waals surface area contributed by atoms with E-state index in [1.165, 1.54) is 6.33 Å². The molecule has 0 radical (unpaired) electrons. The van der Waals surface area contributed by atoms with Gasteiger partial charge in [-0.05, 0) is 38.1 Å². The van der Waals surface area contributed by atoms with E-state index in [4.69, 9.17) is 0 Å². The fraction of sp³-hybridized carbons (Fsp3) is 0.118. The summed E-state index contributed by atoms with van der Waals surface area (Å²) in [6, 6.07) is 13.4. The molecular weight excluding hydrogens is 262 g/mol. The number of anilines is 2. The predicted molar refractivity (Wildman–Crippen MR) is 84.0 cm³/mol. The SMILES string of the molecule is CC(=O)c1cccc(Nc2ncnc3ccc(C)cc23)c1. The summed E-state index contributed by atoms with van der Waals surface area (Å²) < 4.78 is 0. The molecule has 3 aromatic rings. The molecule has 0 aliphatic carbocycles. The molecule has 1 N–H and O–H groups in total. The van der Waals surface area contributed by atoms with Crippen molar-refractivity contribution in [1.29, 1.82) is 0 Å². The number of ketones is 1. The Hall–Kier alpha value is -2.75. The Morgan fingerprint density at radius 2 is 1.95 bits per heavy atom. The van der Waals surface area contributed by atoms with Gasteiger partial charge in [-0.25, -0.2) is 9.97 Å². The maximum absolute atomic E-state index is 11.5. The van der Waals surface area contributed by atoms with Gasteiger partial charge in [-0.15, -0.1) is 0 Å². The van der Waals surface area contributed by atoms with E-state index in [2.05, 4.69) is 15.3 Å². The van der Waals surface area contributed by atoms with E-state index in [1.807, 2.05) is 43.3 Å². The Labute approximate surface area is 122 Å². The van der Waals surface area contributed by atoms with E-state index in [1.54, 1.807) is 13.0 Å². The highest BCUT2D eigenvalue weighted by molar-refractivity contribution is 5.96. The van der Waals surface area contributed by atoms with Crippen LogP contribution in [0.2, 0.25) is 0 Å². The molecule has 0 atom stereocenters. The minimum Gasteiger partial charge on any atom is -0.340 e. The van der Waals surface area contributed by atoms with Crippen molar-refractivity contribution in [3.8, 4) is 0 Å². The molecule has 104 valence electrons. The highest BCUT2D eigenvalue weighted by Gasteiger charge is 2.06. The van der Waals surface area contributed by atoms with Crippen molar-refractivity contribution < 1.29 is 4.79 Å². The Morgan fingerprint density at radius 3 is 2.76 bits per heavy atom. The van der Waals surface area contributed by atoms with Crippen LogP contribution >= 0.6 is 0 Å². The minimum atomic E-state index is 0.0436. The number of nitrogens with one attached hydrogen (secondary N) is 1. The third-order valence-corrected chi connectivity index (χ3v) is 3.32. The second kappa shape index (κ2) is 5.32. The van der Waals surface area contributed by atoms with Gasteiger partial charge in [-0.3, -0.25) is 4.79 Å². The van der Waals surface area contributed by atoms with E-state index in [0.29, 0.717) is 5.56 Å². The molecule has 0 bridgehead atoms. The molecule has 0 aliphatic heterocycles. The molecule has 2 aromatic carbocycles. The van der Waals surface area contributed by atoms with Crippen molar-refractivity contribution in [2.24, 2.45) is 0 Å². The van der Waals surface area contributed by atoms with Crippen molar-refractivity contribution in [2.45, 2.75) is 13.8 Å². The van der Waals surface area contributed by atoms with E-state index in [-0.39, 0.29) is 5.78 Å². The van der Waals surface area contributed by atoms with Gasteiger partial charge in [0, 0.05) is 16.6 Å². The number of carbonyl (C=O) groups is 1. The Bertz CT molecular complexity index is 827. The molecule has 0 aliphatic rings. The molecule has 0 amide bonds. The standard InChI is InChI=1S/C17H15N3O/c1-11-6-7-16-15(8-11)17(19-10-18-16)20-14-5-3-4-13(9-14)12(2)21/h3-10H,1-2H3,(H,18,19,20). The molecule has 4 heteroatoms. The monoisotopic (exact) mass is 277 g/mol. The maximum atomic E-state index is 11.5. The lowest BCUT2D eigenvalue weighted by Crippen LogP contribution is -1.98. The molecular formula is C17H15N3O. The molecule has 4 nitrogen and oxygen atoms in total. The van der Waals surface area contributed by atoms with Gasteiger partial charge in [0.25, 0.3) is 0 Å². The predicted octanol–water partition coefficient (Wildman–Crippen LogP) is 3.88. The van der Waals surface area contributed by atoms with Crippen LogP contribution in [0.4, 0.5) is 11.5 Å². The van der Waals surface area contributed by atoms with Gasteiger partial charge in [0.15, 0.2) is 5.78 Å². The molecule has 0 spiro atoms. The smallest absolute Gasteiger partial charge is 0.159 e. The average Bonchev–Trinajstić information content (AvgIpc) is 2.48. The van der Waals surface area contributed by atoms with Crippen LogP contribution < -0.4 is 5.32 Å². The fourth-order valence-corrected chi connectivity index (χ4v) is 2.22.